The van der Waals surface area contributed by atoms with Crippen molar-refractivity contribution in [2.24, 2.45) is 5.92 Å². The molecule has 0 saturated carbocycles. The Labute approximate surface area is 134 Å². The van der Waals surface area contributed by atoms with Crippen LogP contribution >= 0.6 is 0 Å². The monoisotopic (exact) mass is 316 g/mol. The molecule has 1 unspecified atom stereocenters. The van der Waals surface area contributed by atoms with E-state index in [1.165, 1.54) is 0 Å². The minimum absolute atomic E-state index is 0.0722. The van der Waals surface area contributed by atoms with Gasteiger partial charge in [0.05, 0.1) is 11.6 Å². The average molecular weight is 316 g/mol. The van der Waals surface area contributed by atoms with Gasteiger partial charge >= 0.3 is 5.97 Å². The van der Waals surface area contributed by atoms with Crippen LogP contribution in [0.4, 0.5) is 0 Å². The van der Waals surface area contributed by atoms with Crippen LogP contribution in [0.1, 0.15) is 36.0 Å². The van der Waals surface area contributed by atoms with Crippen LogP contribution in [0.25, 0.3) is 11.5 Å². The minimum Gasteiger partial charge on any atom is -0.481 e. The van der Waals surface area contributed by atoms with Gasteiger partial charge in [-0.1, -0.05) is 31.5 Å². The van der Waals surface area contributed by atoms with Crippen LogP contribution in [0.5, 0.6) is 0 Å². The fraction of sp³-hybridized carbons (Fsp3) is 0.353. The summed E-state index contributed by atoms with van der Waals surface area (Å²) in [6.07, 6.45) is 1.26. The van der Waals surface area contributed by atoms with E-state index < -0.39 is 17.8 Å². The third-order valence-corrected chi connectivity index (χ3v) is 3.52. The van der Waals surface area contributed by atoms with Gasteiger partial charge in [-0.2, -0.15) is 0 Å². The quantitative estimate of drug-likeness (QED) is 0.819. The Bertz CT molecular complexity index is 679. The van der Waals surface area contributed by atoms with Gasteiger partial charge in [-0.15, -0.1) is 0 Å². The first-order valence-corrected chi connectivity index (χ1v) is 7.56. The van der Waals surface area contributed by atoms with Crippen LogP contribution < -0.4 is 5.32 Å². The van der Waals surface area contributed by atoms with Gasteiger partial charge in [0, 0.05) is 12.1 Å². The highest BCUT2D eigenvalue weighted by Gasteiger charge is 2.21. The van der Waals surface area contributed by atoms with E-state index in [0.717, 1.165) is 12.0 Å². The summed E-state index contributed by atoms with van der Waals surface area (Å²) in [5.41, 5.74) is 1.26. The van der Waals surface area contributed by atoms with Crippen molar-refractivity contribution in [3.8, 4) is 11.5 Å². The van der Waals surface area contributed by atoms with Crippen LogP contribution in [0.3, 0.4) is 0 Å². The Morgan fingerprint density at radius 2 is 2.00 bits per heavy atom. The van der Waals surface area contributed by atoms with E-state index in [-0.39, 0.29) is 12.3 Å². The van der Waals surface area contributed by atoms with Crippen LogP contribution in [0, 0.1) is 12.8 Å². The highest BCUT2D eigenvalue weighted by Crippen LogP contribution is 2.21. The SMILES string of the molecule is CCCC(CNC(=O)c1oc(-c2ccccc2)nc1C)C(=O)O. The van der Waals surface area contributed by atoms with Gasteiger partial charge in [0.25, 0.3) is 5.91 Å². The molecule has 1 aromatic heterocycles. The number of carboxylic acid groups (broad SMARTS) is 1. The highest BCUT2D eigenvalue weighted by molar-refractivity contribution is 5.93. The standard InChI is InChI=1S/C17H20N2O4/c1-3-7-13(17(21)22)10-18-15(20)14-11(2)19-16(23-14)12-8-5-4-6-9-12/h4-6,8-9,13H,3,7,10H2,1-2H3,(H,18,20)(H,21,22). The zero-order valence-electron chi connectivity index (χ0n) is 13.2. The molecule has 122 valence electrons. The van der Waals surface area contributed by atoms with Crippen molar-refractivity contribution in [2.75, 3.05) is 6.54 Å². The number of carboxylic acids is 1. The normalized spacial score (nSPS) is 11.9. The molecule has 0 bridgehead atoms. The minimum atomic E-state index is -0.911. The first-order valence-electron chi connectivity index (χ1n) is 7.56. The summed E-state index contributed by atoms with van der Waals surface area (Å²) in [7, 11) is 0. The van der Waals surface area contributed by atoms with Crippen molar-refractivity contribution in [2.45, 2.75) is 26.7 Å². The molecular weight excluding hydrogens is 296 g/mol. The summed E-state index contributed by atoms with van der Waals surface area (Å²) in [6.45, 7) is 3.67. The molecule has 0 spiro atoms. The molecule has 2 aromatic rings. The van der Waals surface area contributed by atoms with Gasteiger partial charge in [0.15, 0.2) is 0 Å². The molecule has 2 N–H and O–H groups in total. The number of benzene rings is 1. The zero-order chi connectivity index (χ0) is 16.8. The second kappa shape index (κ2) is 7.58. The molecule has 1 heterocycles. The number of hydrogen-bond donors (Lipinski definition) is 2. The average Bonchev–Trinajstić information content (AvgIpc) is 2.93. The van der Waals surface area contributed by atoms with Crippen LogP contribution in [-0.2, 0) is 4.79 Å². The molecule has 1 amide bonds. The second-order valence-corrected chi connectivity index (χ2v) is 5.33. The maximum absolute atomic E-state index is 12.2. The number of carbonyl (C=O) groups excluding carboxylic acids is 1. The Morgan fingerprint density at radius 3 is 2.61 bits per heavy atom. The Balaban J connectivity index is 2.08. The number of rotatable bonds is 7. The number of carbonyl (C=O) groups is 2. The molecule has 0 aliphatic carbocycles. The first kappa shape index (κ1) is 16.7. The summed E-state index contributed by atoms with van der Waals surface area (Å²) >= 11 is 0. The number of nitrogens with one attached hydrogen (secondary N) is 1. The maximum atomic E-state index is 12.2. The zero-order valence-corrected chi connectivity index (χ0v) is 13.2. The Kier molecular flexibility index (Phi) is 5.51. The lowest BCUT2D eigenvalue weighted by Crippen LogP contribution is -2.33. The lowest BCUT2D eigenvalue weighted by Gasteiger charge is -2.11. The molecule has 0 radical (unpaired) electrons. The van der Waals surface area contributed by atoms with Crippen molar-refractivity contribution >= 4 is 11.9 Å². The Hall–Kier alpha value is -2.63. The summed E-state index contributed by atoms with van der Waals surface area (Å²) < 4.78 is 5.54. The molecule has 1 atom stereocenters. The molecule has 1 aromatic carbocycles. The van der Waals surface area contributed by atoms with E-state index >= 15 is 0 Å². The van der Waals surface area contributed by atoms with Crippen molar-refractivity contribution < 1.29 is 19.1 Å². The second-order valence-electron chi connectivity index (χ2n) is 5.33. The van der Waals surface area contributed by atoms with Crippen LogP contribution in [-0.4, -0.2) is 28.5 Å². The molecular formula is C17H20N2O4. The van der Waals surface area contributed by atoms with E-state index in [1.54, 1.807) is 6.92 Å². The number of amides is 1. The molecule has 0 aliphatic rings. The topological polar surface area (TPSA) is 92.4 Å². The van der Waals surface area contributed by atoms with Gasteiger partial charge in [-0.05, 0) is 25.5 Å². The maximum Gasteiger partial charge on any atom is 0.308 e. The fourth-order valence-electron chi connectivity index (χ4n) is 2.27. The number of hydrogen-bond acceptors (Lipinski definition) is 4. The lowest BCUT2D eigenvalue weighted by atomic mass is 10.0. The lowest BCUT2D eigenvalue weighted by molar-refractivity contribution is -0.141. The number of aromatic nitrogens is 1. The molecule has 23 heavy (non-hydrogen) atoms. The summed E-state index contributed by atoms with van der Waals surface area (Å²) in [5.74, 6) is -1.46. The molecule has 2 rings (SSSR count). The van der Waals surface area contributed by atoms with Crippen LogP contribution in [0.15, 0.2) is 34.7 Å². The summed E-state index contributed by atoms with van der Waals surface area (Å²) in [4.78, 5) is 27.6. The largest absolute Gasteiger partial charge is 0.481 e. The Morgan fingerprint density at radius 1 is 1.30 bits per heavy atom. The summed E-state index contributed by atoms with van der Waals surface area (Å²) in [5, 5.41) is 11.7. The van der Waals surface area contributed by atoms with E-state index in [1.807, 2.05) is 37.3 Å². The predicted octanol–water partition coefficient (Wildman–Crippen LogP) is 2.88. The third kappa shape index (κ3) is 4.18. The molecule has 0 aliphatic heterocycles. The van der Waals surface area contributed by atoms with Crippen molar-refractivity contribution in [3.63, 3.8) is 0 Å². The van der Waals surface area contributed by atoms with Gasteiger partial charge in [0.2, 0.25) is 11.7 Å². The molecule has 6 heteroatoms. The van der Waals surface area contributed by atoms with Crippen LogP contribution in [0.2, 0.25) is 0 Å². The summed E-state index contributed by atoms with van der Waals surface area (Å²) in [6, 6.07) is 9.28. The number of oxazole rings is 1. The van der Waals surface area contributed by atoms with Crippen molar-refractivity contribution in [3.05, 3.63) is 41.8 Å². The smallest absolute Gasteiger partial charge is 0.308 e. The number of aliphatic carboxylic acids is 1. The van der Waals surface area contributed by atoms with Gasteiger partial charge in [-0.3, -0.25) is 9.59 Å². The van der Waals surface area contributed by atoms with Crippen molar-refractivity contribution in [1.29, 1.82) is 0 Å². The number of nitrogens with zero attached hydrogens (tertiary/aromatic N) is 1. The van der Waals surface area contributed by atoms with E-state index in [2.05, 4.69) is 10.3 Å². The molecule has 0 saturated heterocycles. The first-order chi connectivity index (χ1) is 11.0. The van der Waals surface area contributed by atoms with Crippen molar-refractivity contribution in [1.82, 2.24) is 10.3 Å². The van der Waals surface area contributed by atoms with E-state index in [0.29, 0.717) is 18.0 Å². The van der Waals surface area contributed by atoms with Gasteiger partial charge < -0.3 is 14.8 Å². The van der Waals surface area contributed by atoms with Gasteiger partial charge in [0.1, 0.15) is 0 Å². The van der Waals surface area contributed by atoms with E-state index in [4.69, 9.17) is 9.52 Å². The van der Waals surface area contributed by atoms with Gasteiger partial charge in [-0.25, -0.2) is 4.98 Å². The predicted molar refractivity (Wildman–Crippen MR) is 85.0 cm³/mol. The highest BCUT2D eigenvalue weighted by atomic mass is 16.4. The number of aryl methyl sites for hydroxylation is 1. The third-order valence-electron chi connectivity index (χ3n) is 3.52. The fourth-order valence-corrected chi connectivity index (χ4v) is 2.27. The molecule has 6 nitrogen and oxygen atoms in total. The van der Waals surface area contributed by atoms with E-state index in [9.17, 15) is 9.59 Å². The molecule has 0 fully saturated rings.